The minimum atomic E-state index is -0.841. The number of aliphatic hydroxyl groups is 1. The molecule has 0 aromatic heterocycles. The lowest BCUT2D eigenvalue weighted by atomic mass is 9.88. The van der Waals surface area contributed by atoms with Crippen LogP contribution < -0.4 is 4.74 Å². The van der Waals surface area contributed by atoms with Gasteiger partial charge >= 0.3 is 0 Å². The number of rotatable bonds is 7. The van der Waals surface area contributed by atoms with E-state index in [0.717, 1.165) is 11.8 Å². The van der Waals surface area contributed by atoms with Crippen LogP contribution in [0.15, 0.2) is 42.5 Å². The van der Waals surface area contributed by atoms with Crippen LogP contribution in [0.25, 0.3) is 0 Å². The molecule has 2 N–H and O–H groups in total. The van der Waals surface area contributed by atoms with Gasteiger partial charge in [-0.1, -0.05) is 24.3 Å². The molecule has 0 spiro atoms. The molecular formula is C18H20O5. The largest absolute Gasteiger partial charge is 0.508 e. The first-order valence-electron chi connectivity index (χ1n) is 7.19. The van der Waals surface area contributed by atoms with E-state index < -0.39 is 6.10 Å². The van der Waals surface area contributed by atoms with E-state index in [9.17, 15) is 15.0 Å². The molecule has 2 aromatic carbocycles. The molecule has 0 saturated carbocycles. The van der Waals surface area contributed by atoms with Gasteiger partial charge in [-0.3, -0.25) is 4.79 Å². The van der Waals surface area contributed by atoms with Crippen molar-refractivity contribution in [1.82, 2.24) is 0 Å². The molecule has 23 heavy (non-hydrogen) atoms. The van der Waals surface area contributed by atoms with E-state index in [1.165, 1.54) is 19.2 Å². The van der Waals surface area contributed by atoms with E-state index in [0.29, 0.717) is 16.9 Å². The maximum absolute atomic E-state index is 10.9. The highest BCUT2D eigenvalue weighted by Crippen LogP contribution is 2.37. The molecule has 0 heterocycles. The average Bonchev–Trinajstić information content (AvgIpc) is 2.59. The third kappa shape index (κ3) is 3.88. The van der Waals surface area contributed by atoms with Crippen LogP contribution in [0.4, 0.5) is 0 Å². The molecule has 2 atom stereocenters. The molecule has 0 aliphatic rings. The molecule has 2 rings (SSSR count). The predicted molar refractivity (Wildman–Crippen MR) is 86.1 cm³/mol. The van der Waals surface area contributed by atoms with E-state index in [4.69, 9.17) is 9.47 Å². The quantitative estimate of drug-likeness (QED) is 0.768. The SMILES string of the molecule is COCC(c1ccc(C=O)cc1OC)C(O)c1ccc(O)cc1. The second-order valence-corrected chi connectivity index (χ2v) is 5.22. The number of aromatic hydroxyl groups is 1. The topological polar surface area (TPSA) is 76.0 Å². The summed E-state index contributed by atoms with van der Waals surface area (Å²) in [5, 5.41) is 20.1. The summed E-state index contributed by atoms with van der Waals surface area (Å²) in [5.74, 6) is 0.284. The minimum Gasteiger partial charge on any atom is -0.508 e. The number of hydrogen-bond donors (Lipinski definition) is 2. The van der Waals surface area contributed by atoms with Gasteiger partial charge in [0.25, 0.3) is 0 Å². The van der Waals surface area contributed by atoms with Crippen LogP contribution in [0.3, 0.4) is 0 Å². The van der Waals surface area contributed by atoms with Crippen molar-refractivity contribution in [2.75, 3.05) is 20.8 Å². The Hall–Kier alpha value is -2.37. The van der Waals surface area contributed by atoms with Gasteiger partial charge in [-0.2, -0.15) is 0 Å². The van der Waals surface area contributed by atoms with Gasteiger partial charge < -0.3 is 19.7 Å². The number of methoxy groups -OCH3 is 2. The van der Waals surface area contributed by atoms with Crippen LogP contribution in [-0.4, -0.2) is 37.3 Å². The van der Waals surface area contributed by atoms with E-state index in [1.807, 2.05) is 0 Å². The molecule has 0 aliphatic carbocycles. The second-order valence-electron chi connectivity index (χ2n) is 5.22. The number of benzene rings is 2. The first-order chi connectivity index (χ1) is 11.1. The van der Waals surface area contributed by atoms with Crippen molar-refractivity contribution in [3.05, 3.63) is 59.2 Å². The number of ether oxygens (including phenoxy) is 2. The van der Waals surface area contributed by atoms with Crippen LogP contribution in [-0.2, 0) is 4.74 Å². The van der Waals surface area contributed by atoms with Gasteiger partial charge in [0.2, 0.25) is 0 Å². The van der Waals surface area contributed by atoms with Crippen molar-refractivity contribution in [3.63, 3.8) is 0 Å². The Morgan fingerprint density at radius 1 is 1.13 bits per heavy atom. The van der Waals surface area contributed by atoms with E-state index >= 15 is 0 Å². The number of hydrogen-bond acceptors (Lipinski definition) is 5. The Morgan fingerprint density at radius 3 is 2.39 bits per heavy atom. The average molecular weight is 316 g/mol. The molecule has 0 radical (unpaired) electrons. The van der Waals surface area contributed by atoms with Crippen LogP contribution in [0.1, 0.15) is 33.5 Å². The first kappa shape index (κ1) is 17.0. The van der Waals surface area contributed by atoms with Crippen molar-refractivity contribution in [1.29, 1.82) is 0 Å². The molecule has 0 bridgehead atoms. The van der Waals surface area contributed by atoms with Crippen LogP contribution in [0.2, 0.25) is 0 Å². The zero-order chi connectivity index (χ0) is 16.8. The number of phenols is 1. The third-order valence-electron chi connectivity index (χ3n) is 3.76. The Balaban J connectivity index is 2.41. The van der Waals surface area contributed by atoms with E-state index in [2.05, 4.69) is 0 Å². The first-order valence-corrected chi connectivity index (χ1v) is 7.19. The van der Waals surface area contributed by atoms with Crippen molar-refractivity contribution in [2.45, 2.75) is 12.0 Å². The number of carbonyl (C=O) groups excluding carboxylic acids is 1. The molecule has 2 aromatic rings. The van der Waals surface area contributed by atoms with Crippen LogP contribution in [0, 0.1) is 0 Å². The van der Waals surface area contributed by atoms with Gasteiger partial charge in [-0.05, 0) is 23.8 Å². The summed E-state index contributed by atoms with van der Waals surface area (Å²) in [6.07, 6.45) is -0.0971. The summed E-state index contributed by atoms with van der Waals surface area (Å²) in [5.41, 5.74) is 1.91. The number of carbonyl (C=O) groups is 1. The highest BCUT2D eigenvalue weighted by Gasteiger charge is 2.26. The maximum Gasteiger partial charge on any atom is 0.150 e. The van der Waals surface area contributed by atoms with Gasteiger partial charge in [-0.15, -0.1) is 0 Å². The van der Waals surface area contributed by atoms with E-state index in [-0.39, 0.29) is 18.3 Å². The molecule has 0 fully saturated rings. The lowest BCUT2D eigenvalue weighted by Gasteiger charge is -2.25. The van der Waals surface area contributed by atoms with Crippen molar-refractivity contribution in [3.8, 4) is 11.5 Å². The fraction of sp³-hybridized carbons (Fsp3) is 0.278. The summed E-state index contributed by atoms with van der Waals surface area (Å²) < 4.78 is 10.6. The monoisotopic (exact) mass is 316 g/mol. The van der Waals surface area contributed by atoms with Gasteiger partial charge in [0, 0.05) is 24.2 Å². The second kappa shape index (κ2) is 7.76. The Kier molecular flexibility index (Phi) is 5.73. The number of aldehydes is 1. The van der Waals surface area contributed by atoms with Crippen LogP contribution >= 0.6 is 0 Å². The smallest absolute Gasteiger partial charge is 0.150 e. The molecule has 122 valence electrons. The lowest BCUT2D eigenvalue weighted by molar-refractivity contribution is 0.0835. The van der Waals surface area contributed by atoms with Gasteiger partial charge in [0.1, 0.15) is 17.8 Å². The molecule has 2 unspecified atom stereocenters. The molecular weight excluding hydrogens is 296 g/mol. The minimum absolute atomic E-state index is 0.136. The van der Waals surface area contributed by atoms with E-state index in [1.54, 1.807) is 37.4 Å². The zero-order valence-corrected chi connectivity index (χ0v) is 13.1. The van der Waals surface area contributed by atoms with Crippen molar-refractivity contribution < 1.29 is 24.5 Å². The van der Waals surface area contributed by atoms with Crippen LogP contribution in [0.5, 0.6) is 11.5 Å². The summed E-state index contributed by atoms with van der Waals surface area (Å²) in [6, 6.07) is 11.4. The highest BCUT2D eigenvalue weighted by atomic mass is 16.5. The standard InChI is InChI=1S/C18H20O5/c1-22-11-16(18(21)13-4-6-14(20)7-5-13)15-8-3-12(10-19)9-17(15)23-2/h3-10,16,18,20-21H,11H2,1-2H3. The Morgan fingerprint density at radius 2 is 1.83 bits per heavy atom. The fourth-order valence-corrected chi connectivity index (χ4v) is 2.54. The summed E-state index contributed by atoms with van der Waals surface area (Å²) in [4.78, 5) is 10.9. The molecule has 0 saturated heterocycles. The third-order valence-corrected chi connectivity index (χ3v) is 3.76. The van der Waals surface area contributed by atoms with Gasteiger partial charge in [0.15, 0.2) is 0 Å². The van der Waals surface area contributed by atoms with Crippen molar-refractivity contribution in [2.24, 2.45) is 0 Å². The molecule has 0 aliphatic heterocycles. The molecule has 0 amide bonds. The van der Waals surface area contributed by atoms with Gasteiger partial charge in [-0.25, -0.2) is 0 Å². The Labute approximate surface area is 135 Å². The Bertz CT molecular complexity index is 651. The highest BCUT2D eigenvalue weighted by molar-refractivity contribution is 5.76. The normalized spacial score (nSPS) is 13.3. The van der Waals surface area contributed by atoms with Gasteiger partial charge in [0.05, 0.1) is 19.8 Å². The molecule has 5 heteroatoms. The fourth-order valence-electron chi connectivity index (χ4n) is 2.54. The predicted octanol–water partition coefficient (Wildman–Crippen LogP) is 2.68. The van der Waals surface area contributed by atoms with Crippen molar-refractivity contribution >= 4 is 6.29 Å². The lowest BCUT2D eigenvalue weighted by Crippen LogP contribution is -2.17. The maximum atomic E-state index is 10.9. The zero-order valence-electron chi connectivity index (χ0n) is 13.1. The summed E-state index contributed by atoms with van der Waals surface area (Å²) in [6.45, 7) is 0.277. The number of aliphatic hydroxyl groups excluding tert-OH is 1. The summed E-state index contributed by atoms with van der Waals surface area (Å²) in [7, 11) is 3.08. The number of phenolic OH excluding ortho intramolecular Hbond substituents is 1. The summed E-state index contributed by atoms with van der Waals surface area (Å²) >= 11 is 0. The molecule has 5 nitrogen and oxygen atoms in total.